The summed E-state index contributed by atoms with van der Waals surface area (Å²) in [6, 6.07) is 8.67. The largest absolute Gasteiger partial charge is 0.459 e. The highest BCUT2D eigenvalue weighted by Crippen LogP contribution is 2.39. The van der Waals surface area contributed by atoms with Crippen molar-refractivity contribution in [1.82, 2.24) is 0 Å². The Morgan fingerprint density at radius 3 is 2.70 bits per heavy atom. The molecule has 2 saturated heterocycles. The quantitative estimate of drug-likeness (QED) is 0.367. The number of nitrogens with zero attached hydrogens (tertiary/aromatic N) is 3. The second-order valence-corrected chi connectivity index (χ2v) is 5.80. The monoisotopic (exact) mass is 319 g/mol. The third kappa shape index (κ3) is 3.30. The lowest BCUT2D eigenvalue weighted by atomic mass is 10.1. The molecular weight excluding hydrogens is 302 g/mol. The molecule has 2 heterocycles. The molecular formula is C15H17N3O5. The number of carbonyl (C=O) groups excluding carboxylic acids is 1. The van der Waals surface area contributed by atoms with Crippen LogP contribution in [0.15, 0.2) is 35.4 Å². The van der Waals surface area contributed by atoms with Crippen molar-refractivity contribution in [3.05, 3.63) is 46.3 Å². The van der Waals surface area contributed by atoms with Crippen LogP contribution in [0.4, 0.5) is 0 Å². The first-order chi connectivity index (χ1) is 11.0. The van der Waals surface area contributed by atoms with Gasteiger partial charge in [-0.05, 0) is 31.5 Å². The third-order valence-electron chi connectivity index (χ3n) is 3.68. The van der Waals surface area contributed by atoms with Crippen LogP contribution >= 0.6 is 0 Å². The van der Waals surface area contributed by atoms with E-state index in [4.69, 9.17) is 24.5 Å². The summed E-state index contributed by atoms with van der Waals surface area (Å²) in [5.41, 5.74) is 9.08. The molecule has 0 saturated carbocycles. The van der Waals surface area contributed by atoms with Gasteiger partial charge >= 0.3 is 5.97 Å². The first-order valence-corrected chi connectivity index (χ1v) is 7.28. The van der Waals surface area contributed by atoms with E-state index in [9.17, 15) is 4.79 Å². The van der Waals surface area contributed by atoms with E-state index in [1.54, 1.807) is 38.1 Å². The number of rotatable bonds is 4. The smallest absolute Gasteiger partial charge is 0.338 e. The molecule has 0 spiro atoms. The molecule has 0 radical (unpaired) electrons. The summed E-state index contributed by atoms with van der Waals surface area (Å²) < 4.78 is 22.4. The van der Waals surface area contributed by atoms with Crippen LogP contribution < -0.4 is 0 Å². The zero-order chi connectivity index (χ0) is 16.4. The first kappa shape index (κ1) is 15.8. The second-order valence-electron chi connectivity index (χ2n) is 5.80. The topological polar surface area (TPSA) is 103 Å². The summed E-state index contributed by atoms with van der Waals surface area (Å²) >= 11 is 0. The average Bonchev–Trinajstić information content (AvgIpc) is 3.00. The molecule has 4 atom stereocenters. The fourth-order valence-electron chi connectivity index (χ4n) is 2.75. The minimum atomic E-state index is -0.802. The fraction of sp³-hybridized carbons (Fsp3) is 0.533. The Hall–Kier alpha value is -2.12. The van der Waals surface area contributed by atoms with E-state index in [2.05, 4.69) is 10.0 Å². The zero-order valence-corrected chi connectivity index (χ0v) is 12.8. The molecule has 1 aromatic carbocycles. The number of carbonyl (C=O) groups is 1. The minimum absolute atomic E-state index is 0.00815. The number of azide groups is 1. The number of hydrogen-bond donors (Lipinski definition) is 0. The number of esters is 1. The lowest BCUT2D eigenvalue weighted by Crippen LogP contribution is -2.33. The van der Waals surface area contributed by atoms with E-state index in [0.717, 1.165) is 0 Å². The van der Waals surface area contributed by atoms with Gasteiger partial charge in [-0.2, -0.15) is 0 Å². The summed E-state index contributed by atoms with van der Waals surface area (Å²) in [7, 11) is 0. The van der Waals surface area contributed by atoms with E-state index in [1.165, 1.54) is 0 Å². The molecule has 0 N–H and O–H groups in total. The lowest BCUT2D eigenvalue weighted by Gasteiger charge is -2.22. The van der Waals surface area contributed by atoms with Gasteiger partial charge in [-0.25, -0.2) is 4.79 Å². The highest BCUT2D eigenvalue weighted by molar-refractivity contribution is 5.89. The summed E-state index contributed by atoms with van der Waals surface area (Å²) in [6.45, 7) is 3.53. The van der Waals surface area contributed by atoms with Crippen LogP contribution in [0.25, 0.3) is 10.4 Å². The van der Waals surface area contributed by atoms with Gasteiger partial charge in [-0.15, -0.1) is 0 Å². The molecule has 23 heavy (non-hydrogen) atoms. The van der Waals surface area contributed by atoms with Crippen LogP contribution in [0.2, 0.25) is 0 Å². The van der Waals surface area contributed by atoms with Crippen molar-refractivity contribution in [2.75, 3.05) is 6.61 Å². The zero-order valence-electron chi connectivity index (χ0n) is 12.8. The van der Waals surface area contributed by atoms with Crippen LogP contribution in [0.5, 0.6) is 0 Å². The summed E-state index contributed by atoms with van der Waals surface area (Å²) in [5.74, 6) is -1.25. The SMILES string of the molecule is CC1(C)OC2C(COC(=O)c3ccccc3)OC(N=[N+]=[N-])C2O1. The van der Waals surface area contributed by atoms with Crippen molar-refractivity contribution in [3.8, 4) is 0 Å². The van der Waals surface area contributed by atoms with Crippen molar-refractivity contribution in [3.63, 3.8) is 0 Å². The Morgan fingerprint density at radius 2 is 2.00 bits per heavy atom. The van der Waals surface area contributed by atoms with Gasteiger partial charge in [0.15, 0.2) is 12.0 Å². The Kier molecular flexibility index (Phi) is 4.23. The van der Waals surface area contributed by atoms with E-state index in [-0.39, 0.29) is 6.61 Å². The molecule has 0 aliphatic carbocycles. The predicted octanol–water partition coefficient (Wildman–Crippen LogP) is 2.40. The van der Waals surface area contributed by atoms with E-state index in [0.29, 0.717) is 5.56 Å². The van der Waals surface area contributed by atoms with Gasteiger partial charge < -0.3 is 18.9 Å². The van der Waals surface area contributed by atoms with Crippen LogP contribution in [0.3, 0.4) is 0 Å². The Bertz CT molecular complexity index is 629. The molecule has 8 heteroatoms. The van der Waals surface area contributed by atoms with Crippen molar-refractivity contribution >= 4 is 5.97 Å². The molecule has 0 bridgehead atoms. The number of hydrogen-bond acceptors (Lipinski definition) is 6. The first-order valence-electron chi connectivity index (χ1n) is 7.28. The summed E-state index contributed by atoms with van der Waals surface area (Å²) in [4.78, 5) is 14.8. The van der Waals surface area contributed by atoms with Crippen LogP contribution in [0.1, 0.15) is 24.2 Å². The fourth-order valence-corrected chi connectivity index (χ4v) is 2.75. The molecule has 2 aliphatic heterocycles. The summed E-state index contributed by atoms with van der Waals surface area (Å²) in [6.07, 6.45) is -2.32. The molecule has 8 nitrogen and oxygen atoms in total. The molecule has 0 aromatic heterocycles. The standard InChI is InChI=1S/C15H17N3O5/c1-15(2)22-11-10(21-13(17-18-16)12(11)23-15)8-20-14(19)9-6-4-3-5-7-9/h3-7,10-13H,8H2,1-2H3. The summed E-state index contributed by atoms with van der Waals surface area (Å²) in [5, 5.41) is 3.58. The molecule has 2 fully saturated rings. The average molecular weight is 319 g/mol. The minimum Gasteiger partial charge on any atom is -0.459 e. The van der Waals surface area contributed by atoms with Gasteiger partial charge in [0.1, 0.15) is 24.9 Å². The van der Waals surface area contributed by atoms with Crippen LogP contribution in [-0.2, 0) is 18.9 Å². The Balaban J connectivity index is 1.66. The number of ether oxygens (including phenoxy) is 4. The number of fused-ring (bicyclic) bond motifs is 1. The Morgan fingerprint density at radius 1 is 1.30 bits per heavy atom. The molecule has 0 amide bonds. The molecule has 2 aliphatic rings. The van der Waals surface area contributed by atoms with Gasteiger partial charge in [0.25, 0.3) is 0 Å². The van der Waals surface area contributed by atoms with Gasteiger partial charge in [-0.1, -0.05) is 23.3 Å². The third-order valence-corrected chi connectivity index (χ3v) is 3.68. The van der Waals surface area contributed by atoms with Gasteiger partial charge in [0, 0.05) is 4.91 Å². The highest BCUT2D eigenvalue weighted by Gasteiger charge is 2.55. The predicted molar refractivity (Wildman–Crippen MR) is 78.4 cm³/mol. The molecule has 3 rings (SSSR count). The molecule has 4 unspecified atom stereocenters. The second kappa shape index (κ2) is 6.17. The molecule has 1 aromatic rings. The van der Waals surface area contributed by atoms with E-state index < -0.39 is 36.3 Å². The van der Waals surface area contributed by atoms with Crippen LogP contribution in [0, 0.1) is 0 Å². The lowest BCUT2D eigenvalue weighted by molar-refractivity contribution is -0.189. The highest BCUT2D eigenvalue weighted by atomic mass is 16.8. The van der Waals surface area contributed by atoms with Crippen molar-refractivity contribution < 1.29 is 23.7 Å². The van der Waals surface area contributed by atoms with Crippen molar-refractivity contribution in [2.24, 2.45) is 5.11 Å². The maximum atomic E-state index is 12.0. The normalized spacial score (nSPS) is 31.2. The van der Waals surface area contributed by atoms with Crippen LogP contribution in [-0.4, -0.2) is 42.9 Å². The molecule has 122 valence electrons. The van der Waals surface area contributed by atoms with Crippen molar-refractivity contribution in [2.45, 2.75) is 44.2 Å². The number of benzene rings is 1. The van der Waals surface area contributed by atoms with Gasteiger partial charge in [0.2, 0.25) is 0 Å². The van der Waals surface area contributed by atoms with Gasteiger partial charge in [0.05, 0.1) is 5.56 Å². The van der Waals surface area contributed by atoms with E-state index >= 15 is 0 Å². The van der Waals surface area contributed by atoms with E-state index in [1.807, 2.05) is 6.07 Å². The maximum absolute atomic E-state index is 12.0. The Labute approximate surface area is 132 Å². The maximum Gasteiger partial charge on any atom is 0.338 e. The van der Waals surface area contributed by atoms with Gasteiger partial charge in [-0.3, -0.25) is 0 Å². The van der Waals surface area contributed by atoms with Crippen molar-refractivity contribution in [1.29, 1.82) is 0 Å².